The third kappa shape index (κ3) is 4.03. The summed E-state index contributed by atoms with van der Waals surface area (Å²) in [5.41, 5.74) is 3.41. The van der Waals surface area contributed by atoms with Gasteiger partial charge in [-0.3, -0.25) is 0 Å². The van der Waals surface area contributed by atoms with E-state index in [1.807, 2.05) is 50.2 Å². The second-order valence-electron chi connectivity index (χ2n) is 6.31. The number of esters is 1. The van der Waals surface area contributed by atoms with Gasteiger partial charge in [0.05, 0.1) is 6.61 Å². The molecule has 0 radical (unpaired) electrons. The predicted molar refractivity (Wildman–Crippen MR) is 103 cm³/mol. The molecule has 0 spiro atoms. The van der Waals surface area contributed by atoms with Crippen molar-refractivity contribution in [2.24, 2.45) is 0 Å². The van der Waals surface area contributed by atoms with Gasteiger partial charge in [-0.2, -0.15) is 0 Å². The Morgan fingerprint density at radius 2 is 1.78 bits per heavy atom. The van der Waals surface area contributed by atoms with E-state index in [-0.39, 0.29) is 12.2 Å². The Morgan fingerprint density at radius 3 is 2.48 bits per heavy atom. The molecule has 0 N–H and O–H groups in total. The topological polar surface area (TPSA) is 65.7 Å². The van der Waals surface area contributed by atoms with Crippen LogP contribution in [0.1, 0.15) is 29.2 Å². The summed E-state index contributed by atoms with van der Waals surface area (Å²) in [6, 6.07) is 13.5. The first-order chi connectivity index (χ1) is 13.0. The van der Waals surface area contributed by atoms with E-state index in [9.17, 15) is 9.59 Å². The number of aryl methyl sites for hydroxylation is 2. The summed E-state index contributed by atoms with van der Waals surface area (Å²) < 4.78 is 16.0. The Labute approximate surface area is 157 Å². The molecule has 0 bridgehead atoms. The molecule has 1 heterocycles. The molecule has 0 atom stereocenters. The molecule has 0 saturated heterocycles. The van der Waals surface area contributed by atoms with Crippen molar-refractivity contribution in [3.8, 4) is 5.75 Å². The van der Waals surface area contributed by atoms with Crippen molar-refractivity contribution in [2.75, 3.05) is 13.2 Å². The quantitative estimate of drug-likeness (QED) is 0.488. The second kappa shape index (κ2) is 8.08. The minimum absolute atomic E-state index is 0.185. The highest BCUT2D eigenvalue weighted by Crippen LogP contribution is 2.30. The molecule has 0 amide bonds. The van der Waals surface area contributed by atoms with Crippen LogP contribution in [0.25, 0.3) is 11.0 Å². The van der Waals surface area contributed by atoms with Crippen molar-refractivity contribution in [1.29, 1.82) is 0 Å². The molecule has 5 heteroatoms. The van der Waals surface area contributed by atoms with E-state index in [4.69, 9.17) is 13.9 Å². The third-order valence-electron chi connectivity index (χ3n) is 4.53. The van der Waals surface area contributed by atoms with E-state index in [2.05, 4.69) is 0 Å². The van der Waals surface area contributed by atoms with Crippen molar-refractivity contribution in [3.63, 3.8) is 0 Å². The van der Waals surface area contributed by atoms with Gasteiger partial charge in [-0.25, -0.2) is 9.59 Å². The number of fused-ring (bicyclic) bond motifs is 1. The molecule has 27 heavy (non-hydrogen) atoms. The normalized spacial score (nSPS) is 10.8. The lowest BCUT2D eigenvalue weighted by atomic mass is 9.98. The van der Waals surface area contributed by atoms with Crippen LogP contribution in [0.15, 0.2) is 51.7 Å². The number of carbonyl (C=O) groups is 1. The zero-order valence-electron chi connectivity index (χ0n) is 15.7. The summed E-state index contributed by atoms with van der Waals surface area (Å²) in [7, 11) is 0. The summed E-state index contributed by atoms with van der Waals surface area (Å²) in [5.74, 6) is 0.0572. The standard InChI is InChI=1S/C22H22O5/c1-4-25-20(23)13-26-19-11-10-17-14(2)18(12-16-8-6-5-7-9-16)22(24)27-21(17)15(19)3/h5-11H,4,12-13H2,1-3H3. The zero-order chi connectivity index (χ0) is 19.4. The average Bonchev–Trinajstić information content (AvgIpc) is 2.66. The van der Waals surface area contributed by atoms with E-state index >= 15 is 0 Å². The van der Waals surface area contributed by atoms with Crippen LogP contribution in [0.4, 0.5) is 0 Å². The minimum atomic E-state index is -0.437. The Hall–Kier alpha value is -3.08. The van der Waals surface area contributed by atoms with Crippen LogP contribution < -0.4 is 10.4 Å². The number of hydrogen-bond acceptors (Lipinski definition) is 5. The summed E-state index contributed by atoms with van der Waals surface area (Å²) in [4.78, 5) is 24.1. The van der Waals surface area contributed by atoms with Crippen LogP contribution in [0.5, 0.6) is 5.75 Å². The van der Waals surface area contributed by atoms with Gasteiger partial charge in [0.25, 0.3) is 0 Å². The van der Waals surface area contributed by atoms with Crippen molar-refractivity contribution in [1.82, 2.24) is 0 Å². The zero-order valence-corrected chi connectivity index (χ0v) is 15.7. The van der Waals surface area contributed by atoms with Crippen LogP contribution in [0, 0.1) is 13.8 Å². The molecule has 0 aliphatic carbocycles. The highest BCUT2D eigenvalue weighted by atomic mass is 16.6. The Kier molecular flexibility index (Phi) is 5.60. The number of benzene rings is 2. The molecule has 2 aromatic carbocycles. The molecule has 0 aliphatic rings. The third-order valence-corrected chi connectivity index (χ3v) is 4.53. The van der Waals surface area contributed by atoms with E-state index < -0.39 is 5.97 Å². The van der Waals surface area contributed by atoms with Gasteiger partial charge >= 0.3 is 11.6 Å². The summed E-state index contributed by atoms with van der Waals surface area (Å²) in [6.45, 7) is 5.59. The van der Waals surface area contributed by atoms with Crippen LogP contribution in [0.3, 0.4) is 0 Å². The van der Waals surface area contributed by atoms with E-state index in [1.54, 1.807) is 13.0 Å². The fraction of sp³-hybridized carbons (Fsp3) is 0.273. The van der Waals surface area contributed by atoms with E-state index in [0.717, 1.165) is 16.5 Å². The predicted octanol–water partition coefficient (Wildman–Crippen LogP) is 3.94. The largest absolute Gasteiger partial charge is 0.481 e. The monoisotopic (exact) mass is 366 g/mol. The maximum absolute atomic E-state index is 12.6. The lowest BCUT2D eigenvalue weighted by Gasteiger charge is -2.13. The highest BCUT2D eigenvalue weighted by Gasteiger charge is 2.16. The van der Waals surface area contributed by atoms with Gasteiger partial charge in [0.1, 0.15) is 11.3 Å². The number of rotatable bonds is 6. The Morgan fingerprint density at radius 1 is 1.04 bits per heavy atom. The molecule has 5 nitrogen and oxygen atoms in total. The van der Waals surface area contributed by atoms with Gasteiger partial charge in [0.15, 0.2) is 6.61 Å². The molecule has 0 fully saturated rings. The summed E-state index contributed by atoms with van der Waals surface area (Å²) in [5, 5.41) is 0.863. The first kappa shape index (κ1) is 18.7. The molecule has 140 valence electrons. The number of ether oxygens (including phenoxy) is 2. The van der Waals surface area contributed by atoms with Gasteiger partial charge in [0.2, 0.25) is 0 Å². The molecule has 0 aliphatic heterocycles. The lowest BCUT2D eigenvalue weighted by Crippen LogP contribution is -2.15. The maximum Gasteiger partial charge on any atom is 0.344 e. The number of carbonyl (C=O) groups excluding carboxylic acids is 1. The van der Waals surface area contributed by atoms with E-state index in [1.165, 1.54) is 0 Å². The Bertz CT molecular complexity index is 1020. The van der Waals surface area contributed by atoms with Crippen molar-refractivity contribution in [3.05, 3.63) is 75.1 Å². The van der Waals surface area contributed by atoms with E-state index in [0.29, 0.717) is 35.5 Å². The fourth-order valence-corrected chi connectivity index (χ4v) is 3.07. The molecule has 3 rings (SSSR count). The van der Waals surface area contributed by atoms with Crippen LogP contribution in [-0.4, -0.2) is 19.2 Å². The van der Waals surface area contributed by atoms with Gasteiger partial charge in [-0.1, -0.05) is 30.3 Å². The minimum Gasteiger partial charge on any atom is -0.481 e. The van der Waals surface area contributed by atoms with Crippen LogP contribution in [0.2, 0.25) is 0 Å². The van der Waals surface area contributed by atoms with Crippen LogP contribution >= 0.6 is 0 Å². The summed E-state index contributed by atoms with van der Waals surface area (Å²) >= 11 is 0. The lowest BCUT2D eigenvalue weighted by molar-refractivity contribution is -0.145. The molecular weight excluding hydrogens is 344 g/mol. The number of hydrogen-bond donors (Lipinski definition) is 0. The van der Waals surface area contributed by atoms with Crippen molar-refractivity contribution >= 4 is 16.9 Å². The smallest absolute Gasteiger partial charge is 0.344 e. The molecular formula is C22H22O5. The van der Waals surface area contributed by atoms with Gasteiger partial charge < -0.3 is 13.9 Å². The first-order valence-corrected chi connectivity index (χ1v) is 8.89. The van der Waals surface area contributed by atoms with Gasteiger partial charge in [0, 0.05) is 22.9 Å². The second-order valence-corrected chi connectivity index (χ2v) is 6.31. The molecule has 1 aromatic heterocycles. The summed E-state index contributed by atoms with van der Waals surface area (Å²) in [6.07, 6.45) is 0.519. The first-order valence-electron chi connectivity index (χ1n) is 8.89. The average molecular weight is 366 g/mol. The van der Waals surface area contributed by atoms with Crippen molar-refractivity contribution < 1.29 is 18.7 Å². The van der Waals surface area contributed by atoms with Gasteiger partial charge in [-0.05, 0) is 44.0 Å². The fourth-order valence-electron chi connectivity index (χ4n) is 3.07. The Balaban J connectivity index is 1.96. The molecule has 0 saturated carbocycles. The van der Waals surface area contributed by atoms with Crippen LogP contribution in [-0.2, 0) is 16.0 Å². The SMILES string of the molecule is CCOC(=O)COc1ccc2c(C)c(Cc3ccccc3)c(=O)oc2c1C. The molecule has 3 aromatic rings. The highest BCUT2D eigenvalue weighted by molar-refractivity contribution is 5.85. The maximum atomic E-state index is 12.6. The van der Waals surface area contributed by atoms with Crippen molar-refractivity contribution in [2.45, 2.75) is 27.2 Å². The molecule has 0 unspecified atom stereocenters. The van der Waals surface area contributed by atoms with Gasteiger partial charge in [-0.15, -0.1) is 0 Å².